The number of rotatable bonds is 6. The van der Waals surface area contributed by atoms with E-state index in [1.54, 1.807) is 0 Å². The normalized spacial score (nSPS) is 14.3. The van der Waals surface area contributed by atoms with Gasteiger partial charge in [0.15, 0.2) is 17.3 Å². The number of nitrogens with one attached hydrogen (secondary N) is 1. The highest BCUT2D eigenvalue weighted by Crippen LogP contribution is 2.34. The van der Waals surface area contributed by atoms with Gasteiger partial charge in [-0.25, -0.2) is 18.4 Å². The Hall–Kier alpha value is -3.59. The first-order chi connectivity index (χ1) is 15.6. The summed E-state index contributed by atoms with van der Waals surface area (Å²) in [5.41, 5.74) is 7.67. The number of aromatic nitrogens is 4. The zero-order valence-electron chi connectivity index (χ0n) is 17.4. The van der Waals surface area contributed by atoms with Gasteiger partial charge in [-0.2, -0.15) is 4.98 Å². The molecule has 4 aromatic rings. The summed E-state index contributed by atoms with van der Waals surface area (Å²) in [6.45, 7) is 3.65. The van der Waals surface area contributed by atoms with E-state index >= 15 is 0 Å². The molecule has 0 unspecified atom stereocenters. The van der Waals surface area contributed by atoms with Crippen LogP contribution in [0.15, 0.2) is 48.5 Å². The van der Waals surface area contributed by atoms with E-state index < -0.39 is 11.6 Å². The summed E-state index contributed by atoms with van der Waals surface area (Å²) in [6.07, 6.45) is 2.42. The highest BCUT2D eigenvalue weighted by atomic mass is 19.2. The van der Waals surface area contributed by atoms with Crippen LogP contribution >= 0.6 is 0 Å². The van der Waals surface area contributed by atoms with Crippen LogP contribution in [0.25, 0.3) is 28.0 Å². The van der Waals surface area contributed by atoms with Crippen LogP contribution in [0.4, 0.5) is 20.5 Å². The van der Waals surface area contributed by atoms with Crippen LogP contribution in [0.3, 0.4) is 0 Å². The maximum Gasteiger partial charge on any atom is 0.225 e. The minimum atomic E-state index is -0.984. The van der Waals surface area contributed by atoms with Gasteiger partial charge in [-0.1, -0.05) is 24.3 Å². The zero-order valence-corrected chi connectivity index (χ0v) is 17.4. The SMILES string of the molecule is Nc1c2c(-c3cccc(F)c3F)nc(NCCN3CCCC3)nc2nn1-c1ccccc1. The second-order valence-electron chi connectivity index (χ2n) is 7.80. The number of halogens is 2. The van der Waals surface area contributed by atoms with Crippen LogP contribution < -0.4 is 11.1 Å². The van der Waals surface area contributed by atoms with Crippen LogP contribution in [0.2, 0.25) is 0 Å². The number of fused-ring (bicyclic) bond motifs is 1. The van der Waals surface area contributed by atoms with Gasteiger partial charge < -0.3 is 16.0 Å². The molecule has 0 atom stereocenters. The average molecular weight is 435 g/mol. The van der Waals surface area contributed by atoms with Crippen molar-refractivity contribution in [2.45, 2.75) is 12.8 Å². The Morgan fingerprint density at radius 1 is 0.969 bits per heavy atom. The van der Waals surface area contributed by atoms with E-state index in [9.17, 15) is 8.78 Å². The molecule has 2 aromatic carbocycles. The first kappa shape index (κ1) is 20.3. The number of nitrogen functional groups attached to an aromatic ring is 1. The fourth-order valence-electron chi connectivity index (χ4n) is 4.07. The molecule has 0 saturated carbocycles. The molecule has 5 rings (SSSR count). The molecular weight excluding hydrogens is 412 g/mol. The van der Waals surface area contributed by atoms with Crippen LogP contribution in [0.5, 0.6) is 0 Å². The lowest BCUT2D eigenvalue weighted by atomic mass is 10.1. The van der Waals surface area contributed by atoms with Crippen molar-refractivity contribution in [2.75, 3.05) is 37.2 Å². The Morgan fingerprint density at radius 2 is 1.75 bits per heavy atom. The lowest BCUT2D eigenvalue weighted by molar-refractivity contribution is 0.352. The van der Waals surface area contributed by atoms with Gasteiger partial charge in [0, 0.05) is 18.7 Å². The van der Waals surface area contributed by atoms with Gasteiger partial charge in [0.05, 0.1) is 16.8 Å². The summed E-state index contributed by atoms with van der Waals surface area (Å²) in [5, 5.41) is 8.13. The lowest BCUT2D eigenvalue weighted by Gasteiger charge is -2.15. The summed E-state index contributed by atoms with van der Waals surface area (Å²) >= 11 is 0. The summed E-state index contributed by atoms with van der Waals surface area (Å²) < 4.78 is 30.3. The average Bonchev–Trinajstić information content (AvgIpc) is 3.44. The Labute approximate surface area is 183 Å². The largest absolute Gasteiger partial charge is 0.383 e. The Kier molecular flexibility index (Phi) is 5.40. The Balaban J connectivity index is 1.60. The van der Waals surface area contributed by atoms with Crippen molar-refractivity contribution < 1.29 is 8.78 Å². The standard InChI is InChI=1S/C23H23F2N7/c24-17-10-6-9-16(19(17)25)20-18-21(26)32(15-7-2-1-3-8-15)30-22(18)29-23(28-20)27-11-14-31-12-4-5-13-31/h1-3,6-10H,4-5,11-14,26H2,(H,27,29,30). The molecule has 32 heavy (non-hydrogen) atoms. The molecule has 0 amide bonds. The van der Waals surface area contributed by atoms with Gasteiger partial charge in [0.25, 0.3) is 0 Å². The molecule has 1 fully saturated rings. The van der Waals surface area contributed by atoms with E-state index in [4.69, 9.17) is 5.73 Å². The molecule has 7 nitrogen and oxygen atoms in total. The number of hydrogen-bond donors (Lipinski definition) is 2. The number of likely N-dealkylation sites (tertiary alicyclic amines) is 1. The molecule has 3 heterocycles. The van der Waals surface area contributed by atoms with E-state index in [1.165, 1.54) is 29.7 Å². The predicted molar refractivity (Wildman–Crippen MR) is 121 cm³/mol. The Morgan fingerprint density at radius 3 is 2.53 bits per heavy atom. The van der Waals surface area contributed by atoms with Crippen molar-refractivity contribution in [3.05, 3.63) is 60.2 Å². The van der Waals surface area contributed by atoms with Gasteiger partial charge in [0.1, 0.15) is 5.82 Å². The minimum absolute atomic E-state index is 0.0132. The van der Waals surface area contributed by atoms with E-state index in [1.807, 2.05) is 30.3 Å². The summed E-state index contributed by atoms with van der Waals surface area (Å²) in [5.74, 6) is -1.38. The quantitative estimate of drug-likeness (QED) is 0.479. The Bertz CT molecular complexity index is 1250. The summed E-state index contributed by atoms with van der Waals surface area (Å²) in [6, 6.07) is 13.3. The molecule has 3 N–H and O–H groups in total. The van der Waals surface area contributed by atoms with Gasteiger partial charge in [-0.05, 0) is 50.2 Å². The molecule has 1 saturated heterocycles. The predicted octanol–water partition coefficient (Wildman–Crippen LogP) is 3.85. The maximum atomic E-state index is 14.7. The van der Waals surface area contributed by atoms with Crippen molar-refractivity contribution in [3.8, 4) is 16.9 Å². The molecule has 1 aliphatic rings. The molecule has 164 valence electrons. The molecule has 0 aliphatic carbocycles. The second kappa shape index (κ2) is 8.51. The van der Waals surface area contributed by atoms with Crippen molar-refractivity contribution in [2.24, 2.45) is 0 Å². The van der Waals surface area contributed by atoms with E-state index in [-0.39, 0.29) is 17.1 Å². The van der Waals surface area contributed by atoms with E-state index in [0.29, 0.717) is 23.5 Å². The highest BCUT2D eigenvalue weighted by molar-refractivity contribution is 5.99. The molecular formula is C23H23F2N7. The number of hydrogen-bond acceptors (Lipinski definition) is 6. The third kappa shape index (κ3) is 3.75. The molecule has 0 spiro atoms. The first-order valence-corrected chi connectivity index (χ1v) is 10.6. The number of anilines is 2. The van der Waals surface area contributed by atoms with Gasteiger partial charge in [-0.3, -0.25) is 0 Å². The number of para-hydroxylation sites is 1. The molecule has 1 aliphatic heterocycles. The van der Waals surface area contributed by atoms with Crippen LogP contribution in [-0.4, -0.2) is 50.8 Å². The van der Waals surface area contributed by atoms with Crippen molar-refractivity contribution >= 4 is 22.8 Å². The van der Waals surface area contributed by atoms with Gasteiger partial charge >= 0.3 is 0 Å². The topological polar surface area (TPSA) is 84.9 Å². The molecule has 0 radical (unpaired) electrons. The van der Waals surface area contributed by atoms with Crippen LogP contribution in [0, 0.1) is 11.6 Å². The van der Waals surface area contributed by atoms with Crippen molar-refractivity contribution in [1.29, 1.82) is 0 Å². The molecule has 9 heteroatoms. The third-order valence-corrected chi connectivity index (χ3v) is 5.69. The summed E-state index contributed by atoms with van der Waals surface area (Å²) in [4.78, 5) is 11.4. The summed E-state index contributed by atoms with van der Waals surface area (Å²) in [7, 11) is 0. The minimum Gasteiger partial charge on any atom is -0.383 e. The fraction of sp³-hybridized carbons (Fsp3) is 0.261. The van der Waals surface area contributed by atoms with Crippen molar-refractivity contribution in [1.82, 2.24) is 24.6 Å². The first-order valence-electron chi connectivity index (χ1n) is 10.6. The van der Waals surface area contributed by atoms with E-state index in [0.717, 1.165) is 31.4 Å². The lowest BCUT2D eigenvalue weighted by Crippen LogP contribution is -2.26. The highest BCUT2D eigenvalue weighted by Gasteiger charge is 2.22. The third-order valence-electron chi connectivity index (χ3n) is 5.69. The van der Waals surface area contributed by atoms with Gasteiger partial charge in [-0.15, -0.1) is 5.10 Å². The smallest absolute Gasteiger partial charge is 0.225 e. The second-order valence-corrected chi connectivity index (χ2v) is 7.80. The number of nitrogens with two attached hydrogens (primary N) is 1. The number of benzene rings is 2. The zero-order chi connectivity index (χ0) is 22.1. The van der Waals surface area contributed by atoms with Crippen LogP contribution in [-0.2, 0) is 0 Å². The number of nitrogens with zero attached hydrogens (tertiary/aromatic N) is 5. The van der Waals surface area contributed by atoms with Crippen molar-refractivity contribution in [3.63, 3.8) is 0 Å². The fourth-order valence-corrected chi connectivity index (χ4v) is 4.07. The monoisotopic (exact) mass is 435 g/mol. The molecule has 2 aromatic heterocycles. The van der Waals surface area contributed by atoms with E-state index in [2.05, 4.69) is 25.3 Å². The molecule has 0 bridgehead atoms. The van der Waals surface area contributed by atoms with Gasteiger partial charge in [0.2, 0.25) is 5.95 Å². The van der Waals surface area contributed by atoms with Crippen LogP contribution in [0.1, 0.15) is 12.8 Å². The maximum absolute atomic E-state index is 14.7.